The quantitative estimate of drug-likeness (QED) is 0.902. The maximum absolute atomic E-state index is 11.1. The summed E-state index contributed by atoms with van der Waals surface area (Å²) in [5.41, 5.74) is 2.19. The number of aromatic amines is 1. The second-order valence-corrected chi connectivity index (χ2v) is 5.29. The predicted octanol–water partition coefficient (Wildman–Crippen LogP) is 2.44. The smallest absolute Gasteiger partial charge is 0.306 e. The van der Waals surface area contributed by atoms with Gasteiger partial charge < -0.3 is 19.6 Å². The fourth-order valence-corrected chi connectivity index (χ4v) is 2.94. The minimum Gasteiger partial charge on any atom is -0.497 e. The van der Waals surface area contributed by atoms with Crippen molar-refractivity contribution in [1.82, 2.24) is 4.98 Å². The van der Waals surface area contributed by atoms with Crippen LogP contribution in [0.3, 0.4) is 0 Å². The Hall–Kier alpha value is -2.01. The van der Waals surface area contributed by atoms with Gasteiger partial charge in [-0.15, -0.1) is 0 Å². The van der Waals surface area contributed by atoms with Gasteiger partial charge >= 0.3 is 5.97 Å². The highest BCUT2D eigenvalue weighted by Crippen LogP contribution is 2.39. The third kappa shape index (κ3) is 1.94. The van der Waals surface area contributed by atoms with E-state index in [1.165, 1.54) is 0 Å². The van der Waals surface area contributed by atoms with Crippen molar-refractivity contribution in [3.8, 4) is 5.75 Å². The molecule has 0 spiro atoms. The predicted molar refractivity (Wildman–Crippen MR) is 74.1 cm³/mol. The van der Waals surface area contributed by atoms with E-state index in [1.807, 2.05) is 25.1 Å². The summed E-state index contributed by atoms with van der Waals surface area (Å²) in [4.78, 5) is 14.4. The van der Waals surface area contributed by atoms with Crippen molar-refractivity contribution >= 4 is 16.9 Å². The fraction of sp³-hybridized carbons (Fsp3) is 0.400. The van der Waals surface area contributed by atoms with Gasteiger partial charge in [-0.05, 0) is 37.1 Å². The highest BCUT2D eigenvalue weighted by Gasteiger charge is 2.38. The SMILES string of the molecule is COc1ccc2[nH]c3c(c2c1)CCOC3(C)CC(=O)O. The highest BCUT2D eigenvalue weighted by atomic mass is 16.5. The maximum atomic E-state index is 11.1. The molecule has 1 aromatic carbocycles. The average Bonchev–Trinajstić information content (AvgIpc) is 2.77. The van der Waals surface area contributed by atoms with Gasteiger partial charge in [0, 0.05) is 10.9 Å². The van der Waals surface area contributed by atoms with Gasteiger partial charge in [-0.1, -0.05) is 0 Å². The van der Waals surface area contributed by atoms with Crippen LogP contribution in [0.4, 0.5) is 0 Å². The molecule has 1 atom stereocenters. The molecule has 2 heterocycles. The third-order valence-electron chi connectivity index (χ3n) is 3.90. The number of aromatic nitrogens is 1. The normalized spacial score (nSPS) is 21.7. The lowest BCUT2D eigenvalue weighted by Gasteiger charge is -2.32. The van der Waals surface area contributed by atoms with Gasteiger partial charge in [-0.25, -0.2) is 0 Å². The molecule has 5 heteroatoms. The third-order valence-corrected chi connectivity index (χ3v) is 3.90. The second-order valence-electron chi connectivity index (χ2n) is 5.29. The number of H-pyrrole nitrogens is 1. The van der Waals surface area contributed by atoms with Crippen molar-refractivity contribution in [2.45, 2.75) is 25.4 Å². The van der Waals surface area contributed by atoms with Gasteiger partial charge in [0.25, 0.3) is 0 Å². The summed E-state index contributed by atoms with van der Waals surface area (Å²) >= 11 is 0. The summed E-state index contributed by atoms with van der Waals surface area (Å²) in [5.74, 6) is -0.0673. The van der Waals surface area contributed by atoms with Gasteiger partial charge in [0.05, 0.1) is 25.8 Å². The van der Waals surface area contributed by atoms with Crippen molar-refractivity contribution < 1.29 is 19.4 Å². The Bertz CT molecular complexity index is 676. The first kappa shape index (κ1) is 13.0. The molecule has 1 aliphatic rings. The number of nitrogens with one attached hydrogen (secondary N) is 1. The van der Waals surface area contributed by atoms with Gasteiger partial charge in [0.1, 0.15) is 11.4 Å². The molecule has 0 radical (unpaired) electrons. The number of rotatable bonds is 3. The molecule has 0 saturated heterocycles. The van der Waals surface area contributed by atoms with Crippen LogP contribution in [0.25, 0.3) is 10.9 Å². The number of carboxylic acids is 1. The van der Waals surface area contributed by atoms with E-state index < -0.39 is 11.6 Å². The van der Waals surface area contributed by atoms with Crippen LogP contribution in [0.15, 0.2) is 18.2 Å². The number of hydrogen-bond acceptors (Lipinski definition) is 3. The summed E-state index contributed by atoms with van der Waals surface area (Å²) in [7, 11) is 1.64. The zero-order valence-electron chi connectivity index (χ0n) is 11.5. The van der Waals surface area contributed by atoms with Crippen LogP contribution in [0, 0.1) is 0 Å². The number of carbonyl (C=O) groups is 1. The summed E-state index contributed by atoms with van der Waals surface area (Å²) < 4.78 is 11.0. The molecule has 3 rings (SSSR count). The first-order valence-corrected chi connectivity index (χ1v) is 6.58. The van der Waals surface area contributed by atoms with Gasteiger partial charge in [-0.2, -0.15) is 0 Å². The lowest BCUT2D eigenvalue weighted by Crippen LogP contribution is -2.34. The molecule has 2 aromatic rings. The molecule has 2 N–H and O–H groups in total. The molecule has 20 heavy (non-hydrogen) atoms. The Morgan fingerprint density at radius 2 is 2.35 bits per heavy atom. The number of benzene rings is 1. The highest BCUT2D eigenvalue weighted by molar-refractivity contribution is 5.87. The Morgan fingerprint density at radius 3 is 3.05 bits per heavy atom. The lowest BCUT2D eigenvalue weighted by molar-refractivity contribution is -0.146. The van der Waals surface area contributed by atoms with Crippen molar-refractivity contribution in [2.24, 2.45) is 0 Å². The summed E-state index contributed by atoms with van der Waals surface area (Å²) in [6, 6.07) is 5.82. The van der Waals surface area contributed by atoms with Crippen LogP contribution < -0.4 is 4.74 Å². The van der Waals surface area contributed by atoms with Crippen LogP contribution >= 0.6 is 0 Å². The zero-order chi connectivity index (χ0) is 14.3. The monoisotopic (exact) mass is 275 g/mol. The minimum absolute atomic E-state index is 0.0516. The molecule has 1 unspecified atom stereocenters. The summed E-state index contributed by atoms with van der Waals surface area (Å²) in [6.07, 6.45) is 0.724. The Morgan fingerprint density at radius 1 is 1.55 bits per heavy atom. The molecule has 1 aromatic heterocycles. The van der Waals surface area contributed by atoms with Crippen LogP contribution in [0.1, 0.15) is 24.6 Å². The van der Waals surface area contributed by atoms with E-state index in [0.29, 0.717) is 6.61 Å². The van der Waals surface area contributed by atoms with Crippen molar-refractivity contribution in [3.05, 3.63) is 29.5 Å². The molecule has 0 saturated carbocycles. The second kappa shape index (κ2) is 4.52. The van der Waals surface area contributed by atoms with E-state index in [2.05, 4.69) is 4.98 Å². The number of aliphatic carboxylic acids is 1. The first-order chi connectivity index (χ1) is 9.53. The summed E-state index contributed by atoms with van der Waals surface area (Å²) in [5, 5.41) is 10.2. The van der Waals surface area contributed by atoms with E-state index in [1.54, 1.807) is 7.11 Å². The van der Waals surface area contributed by atoms with E-state index in [9.17, 15) is 4.79 Å². The minimum atomic E-state index is -0.864. The number of fused-ring (bicyclic) bond motifs is 3. The molecule has 0 bridgehead atoms. The lowest BCUT2D eigenvalue weighted by atomic mass is 9.90. The molecule has 0 aliphatic carbocycles. The van der Waals surface area contributed by atoms with Gasteiger partial charge in [0.2, 0.25) is 0 Å². The largest absolute Gasteiger partial charge is 0.497 e. The standard InChI is InChI=1S/C15H17NO4/c1-15(8-13(17)18)14-10(5-6-20-15)11-7-9(19-2)3-4-12(11)16-14/h3-4,7,16H,5-6,8H2,1-2H3,(H,17,18). The fourth-order valence-electron chi connectivity index (χ4n) is 2.94. The first-order valence-electron chi connectivity index (χ1n) is 6.58. The molecule has 5 nitrogen and oxygen atoms in total. The maximum Gasteiger partial charge on any atom is 0.306 e. The van der Waals surface area contributed by atoms with E-state index >= 15 is 0 Å². The molecule has 0 fully saturated rings. The molecule has 0 amide bonds. The van der Waals surface area contributed by atoms with E-state index in [0.717, 1.165) is 34.3 Å². The molecule has 1 aliphatic heterocycles. The number of ether oxygens (including phenoxy) is 2. The Labute approximate surface area is 116 Å². The van der Waals surface area contributed by atoms with E-state index in [4.69, 9.17) is 14.6 Å². The number of methoxy groups -OCH3 is 1. The van der Waals surface area contributed by atoms with Gasteiger partial charge in [0.15, 0.2) is 0 Å². The number of carboxylic acid groups (broad SMARTS) is 1. The topological polar surface area (TPSA) is 71.5 Å². The van der Waals surface area contributed by atoms with Crippen molar-refractivity contribution in [3.63, 3.8) is 0 Å². The van der Waals surface area contributed by atoms with Crippen molar-refractivity contribution in [1.29, 1.82) is 0 Å². The van der Waals surface area contributed by atoms with Crippen molar-refractivity contribution in [2.75, 3.05) is 13.7 Å². The number of hydrogen-bond donors (Lipinski definition) is 2. The molecular weight excluding hydrogens is 258 g/mol. The van der Waals surface area contributed by atoms with Crippen LogP contribution in [-0.4, -0.2) is 29.8 Å². The van der Waals surface area contributed by atoms with Crippen LogP contribution in [0.5, 0.6) is 5.75 Å². The van der Waals surface area contributed by atoms with Gasteiger partial charge in [-0.3, -0.25) is 4.79 Å². The average molecular weight is 275 g/mol. The molecule has 106 valence electrons. The van der Waals surface area contributed by atoms with E-state index in [-0.39, 0.29) is 6.42 Å². The van der Waals surface area contributed by atoms with Crippen LogP contribution in [-0.2, 0) is 21.6 Å². The Balaban J connectivity index is 2.17. The summed E-state index contributed by atoms with van der Waals surface area (Å²) in [6.45, 7) is 2.35. The molecular formula is C15H17NO4. The van der Waals surface area contributed by atoms with Crippen LogP contribution in [0.2, 0.25) is 0 Å². The Kier molecular flexibility index (Phi) is 2.94. The zero-order valence-corrected chi connectivity index (χ0v) is 11.5.